The Morgan fingerprint density at radius 3 is 1.93 bits per heavy atom. The van der Waals surface area contributed by atoms with Crippen molar-refractivity contribution in [3.63, 3.8) is 0 Å². The summed E-state index contributed by atoms with van der Waals surface area (Å²) in [5.41, 5.74) is -2.50. The zero-order valence-electron chi connectivity index (χ0n) is 8.92. The molecule has 82 valence electrons. The third kappa shape index (κ3) is 3.74. The number of aliphatic hydroxyl groups is 1. The minimum Gasteiger partial charge on any atom is -0.479 e. The third-order valence-electron chi connectivity index (χ3n) is 1.74. The Balaban J connectivity index is 4.21. The molecule has 0 heterocycles. The van der Waals surface area contributed by atoms with Gasteiger partial charge >= 0.3 is 5.97 Å². The van der Waals surface area contributed by atoms with Crippen molar-refractivity contribution in [2.45, 2.75) is 33.3 Å². The van der Waals surface area contributed by atoms with Crippen LogP contribution in [0.1, 0.15) is 27.7 Å². The predicted molar refractivity (Wildman–Crippen MR) is 50.7 cm³/mol. The lowest BCUT2D eigenvalue weighted by atomic mass is 9.95. The van der Waals surface area contributed by atoms with Crippen molar-refractivity contribution in [2.24, 2.45) is 5.41 Å². The average Bonchev–Trinajstić information content (AvgIpc) is 1.98. The molecule has 0 bridgehead atoms. The molecule has 1 amide bonds. The lowest BCUT2D eigenvalue weighted by molar-refractivity contribution is -0.156. The molecule has 0 aliphatic heterocycles. The standard InChI is InChI=1S/C9H17NO4/c1-8(2,3)6(11)10-5-9(4,14)7(12)13/h14H,5H2,1-4H3,(H,10,11)(H,12,13). The van der Waals surface area contributed by atoms with E-state index in [1.165, 1.54) is 0 Å². The van der Waals surface area contributed by atoms with Crippen LogP contribution in [0.3, 0.4) is 0 Å². The molecule has 14 heavy (non-hydrogen) atoms. The smallest absolute Gasteiger partial charge is 0.337 e. The van der Waals surface area contributed by atoms with E-state index in [1.54, 1.807) is 20.8 Å². The van der Waals surface area contributed by atoms with E-state index < -0.39 is 17.0 Å². The summed E-state index contributed by atoms with van der Waals surface area (Å²) in [6, 6.07) is 0. The Morgan fingerprint density at radius 1 is 1.21 bits per heavy atom. The van der Waals surface area contributed by atoms with Crippen LogP contribution in [0, 0.1) is 5.41 Å². The Kier molecular flexibility index (Phi) is 3.65. The molecule has 0 aromatic rings. The number of hydrogen-bond acceptors (Lipinski definition) is 3. The van der Waals surface area contributed by atoms with Gasteiger partial charge in [-0.2, -0.15) is 0 Å². The Bertz CT molecular complexity index is 240. The topological polar surface area (TPSA) is 86.6 Å². The van der Waals surface area contributed by atoms with Gasteiger partial charge in [0.25, 0.3) is 0 Å². The van der Waals surface area contributed by atoms with Crippen molar-refractivity contribution < 1.29 is 19.8 Å². The summed E-state index contributed by atoms with van der Waals surface area (Å²) in [7, 11) is 0. The molecule has 5 nitrogen and oxygen atoms in total. The molecule has 0 aromatic carbocycles. The summed E-state index contributed by atoms with van der Waals surface area (Å²) >= 11 is 0. The average molecular weight is 203 g/mol. The van der Waals surface area contributed by atoms with E-state index in [1.807, 2.05) is 0 Å². The lowest BCUT2D eigenvalue weighted by Crippen LogP contribution is -2.48. The third-order valence-corrected chi connectivity index (χ3v) is 1.74. The van der Waals surface area contributed by atoms with Crippen LogP contribution in [0.15, 0.2) is 0 Å². The molecule has 0 spiro atoms. The van der Waals surface area contributed by atoms with Gasteiger partial charge in [0.1, 0.15) is 0 Å². The molecule has 1 unspecified atom stereocenters. The van der Waals surface area contributed by atoms with Gasteiger partial charge in [0.15, 0.2) is 5.60 Å². The molecule has 1 atom stereocenters. The maximum absolute atomic E-state index is 11.3. The zero-order valence-corrected chi connectivity index (χ0v) is 8.92. The van der Waals surface area contributed by atoms with Crippen LogP contribution in [0.25, 0.3) is 0 Å². The van der Waals surface area contributed by atoms with Crippen LogP contribution in [0.5, 0.6) is 0 Å². The molecule has 0 aromatic heterocycles. The van der Waals surface area contributed by atoms with Gasteiger partial charge in [-0.3, -0.25) is 4.79 Å². The van der Waals surface area contributed by atoms with E-state index in [-0.39, 0.29) is 12.5 Å². The fourth-order valence-electron chi connectivity index (χ4n) is 0.593. The molecular weight excluding hydrogens is 186 g/mol. The number of hydrogen-bond donors (Lipinski definition) is 3. The van der Waals surface area contributed by atoms with Gasteiger partial charge in [0.05, 0.1) is 6.54 Å². The molecular formula is C9H17NO4. The highest BCUT2D eigenvalue weighted by atomic mass is 16.4. The minimum absolute atomic E-state index is 0.293. The zero-order chi connectivity index (χ0) is 11.6. The van der Waals surface area contributed by atoms with Crippen molar-refractivity contribution in [1.82, 2.24) is 5.32 Å². The van der Waals surface area contributed by atoms with E-state index >= 15 is 0 Å². The summed E-state index contributed by atoms with van der Waals surface area (Å²) in [5.74, 6) is -1.65. The molecule has 0 aliphatic rings. The molecule has 0 saturated carbocycles. The van der Waals surface area contributed by atoms with Gasteiger partial charge < -0.3 is 15.5 Å². The summed E-state index contributed by atoms with van der Waals surface area (Å²) in [6.45, 7) is 5.96. The minimum atomic E-state index is -1.92. The predicted octanol–water partition coefficient (Wildman–Crippen LogP) is -0.0157. The van der Waals surface area contributed by atoms with Crippen molar-refractivity contribution in [3.05, 3.63) is 0 Å². The molecule has 0 rings (SSSR count). The number of carbonyl (C=O) groups is 2. The van der Waals surface area contributed by atoms with Gasteiger partial charge in [0.2, 0.25) is 5.91 Å². The van der Waals surface area contributed by atoms with Gasteiger partial charge in [-0.15, -0.1) is 0 Å². The number of nitrogens with one attached hydrogen (secondary N) is 1. The summed E-state index contributed by atoms with van der Waals surface area (Å²) in [6.07, 6.45) is 0. The highest BCUT2D eigenvalue weighted by molar-refractivity contribution is 5.83. The Morgan fingerprint density at radius 2 is 1.64 bits per heavy atom. The summed E-state index contributed by atoms with van der Waals surface area (Å²) < 4.78 is 0. The van der Waals surface area contributed by atoms with Crippen LogP contribution in [0.4, 0.5) is 0 Å². The second-order valence-corrected chi connectivity index (χ2v) is 4.51. The number of carboxylic acids is 1. The maximum Gasteiger partial charge on any atom is 0.337 e. The highest BCUT2D eigenvalue weighted by Crippen LogP contribution is 2.13. The first-order valence-corrected chi connectivity index (χ1v) is 4.31. The lowest BCUT2D eigenvalue weighted by Gasteiger charge is -2.22. The normalized spacial score (nSPS) is 15.8. The number of amides is 1. The summed E-state index contributed by atoms with van der Waals surface area (Å²) in [5, 5.41) is 20.2. The van der Waals surface area contributed by atoms with Crippen molar-refractivity contribution in [1.29, 1.82) is 0 Å². The quantitative estimate of drug-likeness (QED) is 0.602. The molecule has 0 aliphatic carbocycles. The summed E-state index contributed by atoms with van der Waals surface area (Å²) in [4.78, 5) is 21.8. The van der Waals surface area contributed by atoms with Crippen LogP contribution in [0.2, 0.25) is 0 Å². The Labute approximate surface area is 83.1 Å². The van der Waals surface area contributed by atoms with Crippen molar-refractivity contribution in [3.8, 4) is 0 Å². The van der Waals surface area contributed by atoms with E-state index in [4.69, 9.17) is 5.11 Å². The fourth-order valence-corrected chi connectivity index (χ4v) is 0.593. The van der Waals surface area contributed by atoms with Gasteiger partial charge in [0, 0.05) is 5.41 Å². The first-order chi connectivity index (χ1) is 6.07. The Hall–Kier alpha value is -1.10. The SMILES string of the molecule is CC(C)(C)C(=O)NCC(C)(O)C(=O)O. The monoisotopic (exact) mass is 203 g/mol. The first-order valence-electron chi connectivity index (χ1n) is 4.31. The van der Waals surface area contributed by atoms with E-state index in [0.29, 0.717) is 0 Å². The van der Waals surface area contributed by atoms with E-state index in [0.717, 1.165) is 6.92 Å². The van der Waals surface area contributed by atoms with E-state index in [2.05, 4.69) is 5.32 Å². The van der Waals surface area contributed by atoms with Crippen LogP contribution in [-0.4, -0.2) is 34.2 Å². The second kappa shape index (κ2) is 3.96. The number of rotatable bonds is 3. The fraction of sp³-hybridized carbons (Fsp3) is 0.778. The van der Waals surface area contributed by atoms with Crippen LogP contribution < -0.4 is 5.32 Å². The molecule has 3 N–H and O–H groups in total. The van der Waals surface area contributed by atoms with Gasteiger partial charge in [-0.05, 0) is 6.92 Å². The van der Waals surface area contributed by atoms with Crippen LogP contribution in [-0.2, 0) is 9.59 Å². The molecule has 0 radical (unpaired) electrons. The van der Waals surface area contributed by atoms with Crippen LogP contribution >= 0.6 is 0 Å². The molecule has 0 saturated heterocycles. The molecule has 0 fully saturated rings. The largest absolute Gasteiger partial charge is 0.479 e. The highest BCUT2D eigenvalue weighted by Gasteiger charge is 2.32. The van der Waals surface area contributed by atoms with E-state index in [9.17, 15) is 14.7 Å². The number of carbonyl (C=O) groups excluding carboxylic acids is 1. The van der Waals surface area contributed by atoms with Crippen molar-refractivity contribution >= 4 is 11.9 Å². The number of carboxylic acid groups (broad SMARTS) is 1. The van der Waals surface area contributed by atoms with Gasteiger partial charge in [-0.25, -0.2) is 4.79 Å². The second-order valence-electron chi connectivity index (χ2n) is 4.51. The number of aliphatic carboxylic acids is 1. The first kappa shape index (κ1) is 12.9. The van der Waals surface area contributed by atoms with Crippen molar-refractivity contribution in [2.75, 3.05) is 6.54 Å². The maximum atomic E-state index is 11.3. The van der Waals surface area contributed by atoms with Gasteiger partial charge in [-0.1, -0.05) is 20.8 Å². The molecule has 5 heteroatoms.